The third kappa shape index (κ3) is 3.77. The highest BCUT2D eigenvalue weighted by atomic mass is 32.2. The van der Waals surface area contributed by atoms with Crippen LogP contribution in [0.2, 0.25) is 0 Å². The molecule has 0 saturated carbocycles. The Kier molecular flexibility index (Phi) is 6.60. The first-order valence-corrected chi connectivity index (χ1v) is 7.98. The number of thiophene rings is 1. The van der Waals surface area contributed by atoms with Gasteiger partial charge in [-0.15, -0.1) is 29.7 Å². The van der Waals surface area contributed by atoms with E-state index < -0.39 is 5.97 Å². The molecule has 0 fully saturated rings. The van der Waals surface area contributed by atoms with E-state index in [0.29, 0.717) is 21.2 Å². The van der Waals surface area contributed by atoms with E-state index in [0.717, 1.165) is 5.75 Å². The molecule has 0 aliphatic heterocycles. The summed E-state index contributed by atoms with van der Waals surface area (Å²) in [5.41, 5.74) is 6.43. The van der Waals surface area contributed by atoms with Crippen LogP contribution in [0.3, 0.4) is 0 Å². The summed E-state index contributed by atoms with van der Waals surface area (Å²) in [6, 6.07) is 0. The van der Waals surface area contributed by atoms with Crippen molar-refractivity contribution >= 4 is 40.7 Å². The molecule has 0 saturated heterocycles. The fourth-order valence-corrected chi connectivity index (χ4v) is 3.76. The van der Waals surface area contributed by atoms with Crippen molar-refractivity contribution in [2.45, 2.75) is 18.1 Å². The first-order valence-electron chi connectivity index (χ1n) is 6.18. The van der Waals surface area contributed by atoms with Crippen molar-refractivity contribution in [3.05, 3.63) is 23.1 Å². The summed E-state index contributed by atoms with van der Waals surface area (Å²) in [7, 11) is 0. The van der Waals surface area contributed by atoms with Crippen molar-refractivity contribution < 1.29 is 14.3 Å². The van der Waals surface area contributed by atoms with E-state index in [1.54, 1.807) is 13.0 Å². The van der Waals surface area contributed by atoms with Crippen LogP contribution in [0.1, 0.15) is 33.9 Å². The Balaban J connectivity index is 3.15. The zero-order chi connectivity index (χ0) is 15.1. The van der Waals surface area contributed by atoms with E-state index in [9.17, 15) is 9.59 Å². The molecule has 1 rings (SSSR count). The van der Waals surface area contributed by atoms with Gasteiger partial charge in [-0.1, -0.05) is 13.0 Å². The second-order valence-electron chi connectivity index (χ2n) is 3.66. The molecule has 1 aromatic heterocycles. The minimum atomic E-state index is -0.486. The normalized spacial score (nSPS) is 10.1. The molecule has 0 aliphatic carbocycles. The van der Waals surface area contributed by atoms with Gasteiger partial charge in [-0.25, -0.2) is 4.79 Å². The van der Waals surface area contributed by atoms with Crippen LogP contribution >= 0.6 is 23.1 Å². The monoisotopic (exact) mass is 314 g/mol. The van der Waals surface area contributed by atoms with E-state index in [-0.39, 0.29) is 18.2 Å². The van der Waals surface area contributed by atoms with Crippen molar-refractivity contribution in [3.8, 4) is 0 Å². The maximum Gasteiger partial charge on any atom is 0.342 e. The Morgan fingerprint density at radius 3 is 2.75 bits per heavy atom. The molecule has 0 aromatic carbocycles. The molecule has 20 heavy (non-hydrogen) atoms. The number of carbonyl (C=O) groups is 2. The fourth-order valence-electron chi connectivity index (χ4n) is 1.47. The number of hydrogen-bond acceptors (Lipinski definition) is 6. The van der Waals surface area contributed by atoms with Gasteiger partial charge in [-0.2, -0.15) is 0 Å². The minimum absolute atomic E-state index is 0.186. The lowest BCUT2D eigenvalue weighted by Crippen LogP contribution is -2.23. The van der Waals surface area contributed by atoms with E-state index in [1.807, 2.05) is 6.92 Å². The molecule has 7 heteroatoms. The zero-order valence-electron chi connectivity index (χ0n) is 11.5. The first-order chi connectivity index (χ1) is 9.56. The van der Waals surface area contributed by atoms with Crippen molar-refractivity contribution in [2.75, 3.05) is 24.6 Å². The third-order valence-electron chi connectivity index (χ3n) is 2.28. The summed E-state index contributed by atoms with van der Waals surface area (Å²) < 4.78 is 5.71. The fraction of sp³-hybridized carbons (Fsp3) is 0.385. The van der Waals surface area contributed by atoms with Gasteiger partial charge in [-0.05, 0) is 12.7 Å². The van der Waals surface area contributed by atoms with Crippen molar-refractivity contribution in [3.63, 3.8) is 0 Å². The summed E-state index contributed by atoms with van der Waals surface area (Å²) in [6.07, 6.45) is 1.58. The maximum atomic E-state index is 12.0. The van der Waals surface area contributed by atoms with Crippen LogP contribution in [0.15, 0.2) is 16.9 Å². The van der Waals surface area contributed by atoms with Crippen molar-refractivity contribution in [1.82, 2.24) is 5.32 Å². The second-order valence-corrected chi connectivity index (χ2v) is 6.21. The first kappa shape index (κ1) is 16.6. The van der Waals surface area contributed by atoms with Gasteiger partial charge < -0.3 is 15.8 Å². The number of esters is 1. The summed E-state index contributed by atoms with van der Waals surface area (Å²) in [5, 5.41) is 2.66. The summed E-state index contributed by atoms with van der Waals surface area (Å²) >= 11 is 2.68. The van der Waals surface area contributed by atoms with Gasteiger partial charge in [0.15, 0.2) is 0 Å². The number of hydrogen-bond donors (Lipinski definition) is 2. The predicted molar refractivity (Wildman–Crippen MR) is 83.6 cm³/mol. The van der Waals surface area contributed by atoms with Crippen LogP contribution in [0.5, 0.6) is 0 Å². The molecule has 0 radical (unpaired) electrons. The van der Waals surface area contributed by atoms with E-state index in [1.165, 1.54) is 23.1 Å². The second kappa shape index (κ2) is 7.96. The van der Waals surface area contributed by atoms with Gasteiger partial charge in [0, 0.05) is 6.54 Å². The molecule has 1 amide bonds. The molecule has 0 spiro atoms. The molecule has 5 nitrogen and oxygen atoms in total. The van der Waals surface area contributed by atoms with Crippen LogP contribution in [0.4, 0.5) is 5.69 Å². The number of nitrogens with one attached hydrogen (secondary N) is 1. The zero-order valence-corrected chi connectivity index (χ0v) is 13.2. The molecule has 0 aliphatic rings. The number of anilines is 1. The van der Waals surface area contributed by atoms with Crippen molar-refractivity contribution in [2.24, 2.45) is 0 Å². The Labute approximate surface area is 126 Å². The summed E-state index contributed by atoms with van der Waals surface area (Å²) in [5.74, 6) is -0.0130. The van der Waals surface area contributed by atoms with Crippen LogP contribution in [0.25, 0.3) is 0 Å². The highest BCUT2D eigenvalue weighted by Crippen LogP contribution is 2.38. The lowest BCUT2D eigenvalue weighted by Gasteiger charge is -2.04. The average molecular weight is 314 g/mol. The van der Waals surface area contributed by atoms with Gasteiger partial charge in [0.05, 0.1) is 16.5 Å². The smallest absolute Gasteiger partial charge is 0.342 e. The van der Waals surface area contributed by atoms with E-state index in [2.05, 4.69) is 11.9 Å². The largest absolute Gasteiger partial charge is 0.462 e. The lowest BCUT2D eigenvalue weighted by molar-refractivity contribution is 0.0524. The quantitative estimate of drug-likeness (QED) is 0.459. The average Bonchev–Trinajstić information content (AvgIpc) is 2.74. The van der Waals surface area contributed by atoms with Gasteiger partial charge in [0.1, 0.15) is 10.4 Å². The molecule has 1 aromatic rings. The Morgan fingerprint density at radius 1 is 1.50 bits per heavy atom. The van der Waals surface area contributed by atoms with Crippen molar-refractivity contribution in [1.29, 1.82) is 0 Å². The molecule has 1 heterocycles. The number of amides is 1. The molecular weight excluding hydrogens is 296 g/mol. The highest BCUT2D eigenvalue weighted by molar-refractivity contribution is 8.01. The van der Waals surface area contributed by atoms with Gasteiger partial charge in [-0.3, -0.25) is 4.79 Å². The predicted octanol–water partition coefficient (Wildman–Crippen LogP) is 2.53. The molecule has 0 unspecified atom stereocenters. The van der Waals surface area contributed by atoms with E-state index >= 15 is 0 Å². The van der Waals surface area contributed by atoms with Gasteiger partial charge in [0.25, 0.3) is 5.91 Å². The van der Waals surface area contributed by atoms with Gasteiger partial charge >= 0.3 is 5.97 Å². The van der Waals surface area contributed by atoms with E-state index in [4.69, 9.17) is 10.5 Å². The number of ether oxygens (including phenoxy) is 1. The van der Waals surface area contributed by atoms with Crippen LogP contribution in [-0.4, -0.2) is 30.8 Å². The van der Waals surface area contributed by atoms with Crippen LogP contribution in [-0.2, 0) is 4.74 Å². The topological polar surface area (TPSA) is 81.4 Å². The Hall–Kier alpha value is -1.47. The van der Waals surface area contributed by atoms with Crippen LogP contribution < -0.4 is 11.1 Å². The lowest BCUT2D eigenvalue weighted by atomic mass is 10.2. The standard InChI is InChI=1S/C13H18N2O3S2/c1-4-7-15-11(16)10-9(14)8(12(17)18-5-2)13(20-10)19-6-3/h4H,1,5-7,14H2,2-3H3,(H,15,16). The molecule has 110 valence electrons. The summed E-state index contributed by atoms with van der Waals surface area (Å²) in [4.78, 5) is 24.3. The molecule has 0 bridgehead atoms. The Bertz CT molecular complexity index is 512. The number of nitrogens with two attached hydrogens (primary N) is 1. The molecule has 3 N–H and O–H groups in total. The van der Waals surface area contributed by atoms with Crippen LogP contribution in [0, 0.1) is 0 Å². The number of nitrogen functional groups attached to an aromatic ring is 1. The third-order valence-corrected chi connectivity index (χ3v) is 4.64. The SMILES string of the molecule is C=CCNC(=O)c1sc(SCC)c(C(=O)OCC)c1N. The molecular formula is C13H18N2O3S2. The highest BCUT2D eigenvalue weighted by Gasteiger charge is 2.26. The number of thioether (sulfide) groups is 1. The maximum absolute atomic E-state index is 12.0. The Morgan fingerprint density at radius 2 is 2.20 bits per heavy atom. The number of rotatable bonds is 7. The summed E-state index contributed by atoms with van der Waals surface area (Å²) in [6.45, 7) is 7.84. The molecule has 0 atom stereocenters. The van der Waals surface area contributed by atoms with Gasteiger partial charge in [0.2, 0.25) is 0 Å². The number of carbonyl (C=O) groups excluding carboxylic acids is 2. The minimum Gasteiger partial charge on any atom is -0.462 e.